The van der Waals surface area contributed by atoms with Crippen LogP contribution in [-0.4, -0.2) is 26.3 Å². The van der Waals surface area contributed by atoms with Gasteiger partial charge in [0.1, 0.15) is 16.8 Å². The summed E-state index contributed by atoms with van der Waals surface area (Å²) in [6.07, 6.45) is 1.24. The van der Waals surface area contributed by atoms with Gasteiger partial charge >= 0.3 is 6.09 Å². The van der Waals surface area contributed by atoms with E-state index < -0.39 is 11.7 Å². The summed E-state index contributed by atoms with van der Waals surface area (Å²) >= 11 is 0. The second-order valence-corrected chi connectivity index (χ2v) is 9.74. The van der Waals surface area contributed by atoms with Crippen molar-refractivity contribution in [2.24, 2.45) is 0 Å². The Bertz CT molecular complexity index is 1760. The van der Waals surface area contributed by atoms with Crippen molar-refractivity contribution in [1.29, 1.82) is 0 Å². The normalized spacial score (nSPS) is 11.8. The molecule has 3 heterocycles. The molecule has 3 aromatic carbocycles. The van der Waals surface area contributed by atoms with Crippen molar-refractivity contribution in [3.8, 4) is 11.3 Å². The van der Waals surface area contributed by atoms with Crippen LogP contribution >= 0.6 is 0 Å². The minimum atomic E-state index is -0.565. The number of amides is 1. The standard InChI is InChI=1S/C29H25N5O3/c1-29(2,3)37-28(35)32-19-13-11-18(12-14-19)31-27-33-24(17-20-15-16-30-34(20)27)23-9-6-8-22-21-7-4-5-10-25(21)36-26(22)23/h4-17H,1-3H3,(H,31,33)(H,32,35). The predicted octanol–water partition coefficient (Wildman–Crippen LogP) is 7.39. The third kappa shape index (κ3) is 4.45. The van der Waals surface area contributed by atoms with Gasteiger partial charge in [0.25, 0.3) is 0 Å². The summed E-state index contributed by atoms with van der Waals surface area (Å²) < 4.78 is 13.3. The van der Waals surface area contributed by atoms with Crippen molar-refractivity contribution in [2.45, 2.75) is 26.4 Å². The molecule has 0 fully saturated rings. The molecule has 0 bridgehead atoms. The topological polar surface area (TPSA) is 93.7 Å². The first-order valence-corrected chi connectivity index (χ1v) is 12.0. The maximum absolute atomic E-state index is 12.1. The number of anilines is 3. The zero-order valence-electron chi connectivity index (χ0n) is 20.6. The van der Waals surface area contributed by atoms with E-state index in [9.17, 15) is 4.79 Å². The lowest BCUT2D eigenvalue weighted by atomic mass is 10.1. The van der Waals surface area contributed by atoms with Gasteiger partial charge in [-0.1, -0.05) is 30.3 Å². The van der Waals surface area contributed by atoms with E-state index in [1.54, 1.807) is 22.8 Å². The quantitative estimate of drug-likeness (QED) is 0.267. The lowest BCUT2D eigenvalue weighted by molar-refractivity contribution is 0.0636. The third-order valence-corrected chi connectivity index (χ3v) is 5.85. The van der Waals surface area contributed by atoms with Gasteiger partial charge < -0.3 is 14.5 Å². The van der Waals surface area contributed by atoms with Crippen LogP contribution < -0.4 is 10.6 Å². The fourth-order valence-corrected chi connectivity index (χ4v) is 4.29. The summed E-state index contributed by atoms with van der Waals surface area (Å²) in [7, 11) is 0. The van der Waals surface area contributed by atoms with Gasteiger partial charge in [-0.15, -0.1) is 0 Å². The molecular weight excluding hydrogens is 466 g/mol. The van der Waals surface area contributed by atoms with E-state index in [4.69, 9.17) is 14.1 Å². The number of benzene rings is 3. The van der Waals surface area contributed by atoms with Crippen molar-refractivity contribution in [3.63, 3.8) is 0 Å². The maximum atomic E-state index is 12.1. The van der Waals surface area contributed by atoms with Crippen molar-refractivity contribution < 1.29 is 13.9 Å². The molecule has 0 saturated heterocycles. The van der Waals surface area contributed by atoms with Crippen LogP contribution in [0.4, 0.5) is 22.1 Å². The van der Waals surface area contributed by atoms with Gasteiger partial charge in [0, 0.05) is 27.7 Å². The smallest absolute Gasteiger partial charge is 0.412 e. The van der Waals surface area contributed by atoms with Crippen LogP contribution in [-0.2, 0) is 4.74 Å². The summed E-state index contributed by atoms with van der Waals surface area (Å²) in [5, 5.41) is 12.6. The van der Waals surface area contributed by atoms with Gasteiger partial charge in [-0.25, -0.2) is 14.3 Å². The Morgan fingerprint density at radius 3 is 2.49 bits per heavy atom. The number of para-hydroxylation sites is 2. The molecule has 0 spiro atoms. The first kappa shape index (κ1) is 22.6. The van der Waals surface area contributed by atoms with E-state index in [1.807, 2.05) is 75.4 Å². The number of hydrogen-bond acceptors (Lipinski definition) is 6. The largest absolute Gasteiger partial charge is 0.455 e. The van der Waals surface area contributed by atoms with Crippen LogP contribution in [0.15, 0.2) is 89.5 Å². The molecule has 1 amide bonds. The Morgan fingerprint density at radius 2 is 1.68 bits per heavy atom. The van der Waals surface area contributed by atoms with Gasteiger partial charge in [-0.2, -0.15) is 5.10 Å². The van der Waals surface area contributed by atoms with Crippen LogP contribution in [0.1, 0.15) is 20.8 Å². The molecule has 2 N–H and O–H groups in total. The van der Waals surface area contributed by atoms with Crippen molar-refractivity contribution in [1.82, 2.24) is 14.6 Å². The number of hydrogen-bond donors (Lipinski definition) is 2. The maximum Gasteiger partial charge on any atom is 0.412 e. The number of aromatic nitrogens is 3. The number of rotatable bonds is 4. The molecular formula is C29H25N5O3. The molecule has 0 aliphatic rings. The van der Waals surface area contributed by atoms with Crippen LogP contribution in [0.25, 0.3) is 38.7 Å². The molecule has 0 radical (unpaired) electrons. The molecule has 8 nitrogen and oxygen atoms in total. The highest BCUT2D eigenvalue weighted by Gasteiger charge is 2.17. The number of carbonyl (C=O) groups excluding carboxylic acids is 1. The summed E-state index contributed by atoms with van der Waals surface area (Å²) in [5.74, 6) is 0.554. The van der Waals surface area contributed by atoms with Gasteiger partial charge in [0.2, 0.25) is 5.95 Å². The van der Waals surface area contributed by atoms with Gasteiger partial charge in [0.05, 0.1) is 17.4 Å². The summed E-state index contributed by atoms with van der Waals surface area (Å²) in [6, 6.07) is 25.4. The molecule has 6 rings (SSSR count). The van der Waals surface area contributed by atoms with Gasteiger partial charge in [-0.05, 0) is 69.3 Å². The Hall–Kier alpha value is -4.85. The fraction of sp³-hybridized carbons (Fsp3) is 0.138. The fourth-order valence-electron chi connectivity index (χ4n) is 4.29. The second kappa shape index (κ2) is 8.67. The second-order valence-electron chi connectivity index (χ2n) is 9.74. The summed E-state index contributed by atoms with van der Waals surface area (Å²) in [6.45, 7) is 5.47. The number of nitrogens with one attached hydrogen (secondary N) is 2. The Kier molecular flexibility index (Phi) is 5.30. The molecule has 8 heteroatoms. The minimum Gasteiger partial charge on any atom is -0.455 e. The van der Waals surface area contributed by atoms with Gasteiger partial charge in [0.15, 0.2) is 0 Å². The molecule has 6 aromatic rings. The lowest BCUT2D eigenvalue weighted by Crippen LogP contribution is -2.27. The monoisotopic (exact) mass is 491 g/mol. The van der Waals surface area contributed by atoms with E-state index >= 15 is 0 Å². The highest BCUT2D eigenvalue weighted by molar-refractivity contribution is 6.09. The van der Waals surface area contributed by atoms with E-state index in [1.165, 1.54) is 0 Å². The van der Waals surface area contributed by atoms with Crippen molar-refractivity contribution >= 4 is 50.9 Å². The molecule has 0 atom stereocenters. The average molecular weight is 492 g/mol. The predicted molar refractivity (Wildman–Crippen MR) is 145 cm³/mol. The minimum absolute atomic E-state index is 0.499. The van der Waals surface area contributed by atoms with E-state index in [2.05, 4.69) is 27.9 Å². The number of furan rings is 1. The van der Waals surface area contributed by atoms with Crippen LogP contribution in [0, 0.1) is 0 Å². The number of ether oxygens (including phenoxy) is 1. The lowest BCUT2D eigenvalue weighted by Gasteiger charge is -2.19. The Balaban J connectivity index is 1.34. The molecule has 0 aliphatic heterocycles. The highest BCUT2D eigenvalue weighted by atomic mass is 16.6. The van der Waals surface area contributed by atoms with Crippen molar-refractivity contribution in [3.05, 3.63) is 85.1 Å². The molecule has 0 aliphatic carbocycles. The molecule has 37 heavy (non-hydrogen) atoms. The van der Waals surface area contributed by atoms with Crippen LogP contribution in [0.5, 0.6) is 0 Å². The Labute approximate surface area is 212 Å². The highest BCUT2D eigenvalue weighted by Crippen LogP contribution is 2.36. The molecule has 0 unspecified atom stereocenters. The average Bonchev–Trinajstić information content (AvgIpc) is 3.48. The van der Waals surface area contributed by atoms with E-state index in [-0.39, 0.29) is 0 Å². The van der Waals surface area contributed by atoms with Gasteiger partial charge in [-0.3, -0.25) is 5.32 Å². The molecule has 184 valence electrons. The summed E-state index contributed by atoms with van der Waals surface area (Å²) in [5.41, 5.74) is 5.05. The first-order chi connectivity index (χ1) is 17.8. The van der Waals surface area contributed by atoms with Crippen molar-refractivity contribution in [2.75, 3.05) is 10.6 Å². The van der Waals surface area contributed by atoms with E-state index in [0.29, 0.717) is 11.6 Å². The van der Waals surface area contributed by atoms with E-state index in [0.717, 1.165) is 44.4 Å². The first-order valence-electron chi connectivity index (χ1n) is 12.0. The SMILES string of the molecule is CC(C)(C)OC(=O)Nc1ccc(Nc2nc(-c3cccc4c3oc3ccccc34)cc3ccnn23)cc1. The molecule has 0 saturated carbocycles. The van der Waals surface area contributed by atoms with Crippen LogP contribution in [0.3, 0.4) is 0 Å². The number of nitrogens with zero attached hydrogens (tertiary/aromatic N) is 3. The number of carbonyl (C=O) groups is 1. The summed E-state index contributed by atoms with van der Waals surface area (Å²) in [4.78, 5) is 17.0. The number of fused-ring (bicyclic) bond motifs is 4. The third-order valence-electron chi connectivity index (χ3n) is 5.85. The molecule has 3 aromatic heterocycles. The Morgan fingerprint density at radius 1 is 0.919 bits per heavy atom. The zero-order valence-corrected chi connectivity index (χ0v) is 20.6. The zero-order chi connectivity index (χ0) is 25.6. The van der Waals surface area contributed by atoms with Crippen LogP contribution in [0.2, 0.25) is 0 Å².